The largest absolute Gasteiger partial charge is 0.481 e. The van der Waals surface area contributed by atoms with Crippen molar-refractivity contribution in [3.63, 3.8) is 0 Å². The molecule has 6 nitrogen and oxygen atoms in total. The van der Waals surface area contributed by atoms with Crippen molar-refractivity contribution in [2.45, 2.75) is 6.54 Å². The van der Waals surface area contributed by atoms with Gasteiger partial charge in [-0.25, -0.2) is 4.98 Å². The number of aromatic nitrogens is 1. The average Bonchev–Trinajstić information content (AvgIpc) is 2.77. The van der Waals surface area contributed by atoms with Crippen LogP contribution in [0.3, 0.4) is 0 Å². The molecule has 1 aromatic heterocycles. The van der Waals surface area contributed by atoms with E-state index in [-0.39, 0.29) is 12.5 Å². The molecule has 1 N–H and O–H groups in total. The number of anilines is 1. The summed E-state index contributed by atoms with van der Waals surface area (Å²) in [6, 6.07) is 17.2. The fourth-order valence-corrected chi connectivity index (χ4v) is 3.43. The number of nitrogens with one attached hydrogen (secondary N) is 1. The number of fused-ring (bicyclic) bond motifs is 1. The summed E-state index contributed by atoms with van der Waals surface area (Å²) in [5, 5.41) is 4.43. The van der Waals surface area contributed by atoms with Gasteiger partial charge in [-0.1, -0.05) is 41.9 Å². The third kappa shape index (κ3) is 4.78. The number of rotatable bonds is 6. The van der Waals surface area contributed by atoms with Crippen molar-refractivity contribution in [1.29, 1.82) is 0 Å². The highest BCUT2D eigenvalue weighted by Gasteiger charge is 2.14. The zero-order valence-electron chi connectivity index (χ0n) is 15.9. The van der Waals surface area contributed by atoms with Crippen LogP contribution in [0, 0.1) is 0 Å². The first-order valence-electron chi connectivity index (χ1n) is 9.56. The predicted octanol–water partition coefficient (Wildman–Crippen LogP) is 3.42. The molecule has 1 aliphatic heterocycles. The Hall–Kier alpha value is -2.83. The molecular formula is C22H22ClN3O3. The van der Waals surface area contributed by atoms with E-state index in [1.54, 1.807) is 6.07 Å². The highest BCUT2D eigenvalue weighted by molar-refractivity contribution is 6.31. The van der Waals surface area contributed by atoms with Gasteiger partial charge in [-0.2, -0.15) is 0 Å². The van der Waals surface area contributed by atoms with Gasteiger partial charge < -0.3 is 19.7 Å². The van der Waals surface area contributed by atoms with Gasteiger partial charge in [-0.3, -0.25) is 4.79 Å². The Bertz CT molecular complexity index is 1010. The monoisotopic (exact) mass is 411 g/mol. The smallest absolute Gasteiger partial charge is 0.258 e. The van der Waals surface area contributed by atoms with E-state index in [0.29, 0.717) is 30.5 Å². The van der Waals surface area contributed by atoms with Crippen LogP contribution in [0.2, 0.25) is 5.02 Å². The van der Waals surface area contributed by atoms with E-state index in [0.717, 1.165) is 35.4 Å². The van der Waals surface area contributed by atoms with Crippen LogP contribution in [0.25, 0.3) is 10.9 Å². The third-order valence-electron chi connectivity index (χ3n) is 4.80. The zero-order chi connectivity index (χ0) is 20.1. The Labute approximate surface area is 174 Å². The van der Waals surface area contributed by atoms with Crippen molar-refractivity contribution in [2.75, 3.05) is 37.8 Å². The molecule has 1 saturated heterocycles. The molecule has 1 amide bonds. The molecule has 0 bridgehead atoms. The van der Waals surface area contributed by atoms with Crippen LogP contribution in [0.5, 0.6) is 5.75 Å². The highest BCUT2D eigenvalue weighted by Crippen LogP contribution is 2.27. The summed E-state index contributed by atoms with van der Waals surface area (Å²) in [5.41, 5.74) is 1.61. The number of hydrogen-bond donors (Lipinski definition) is 1. The fraction of sp³-hybridized carbons (Fsp3) is 0.273. The lowest BCUT2D eigenvalue weighted by Crippen LogP contribution is -2.36. The van der Waals surface area contributed by atoms with Gasteiger partial charge in [-0.05, 0) is 29.8 Å². The molecule has 0 saturated carbocycles. The van der Waals surface area contributed by atoms with Crippen LogP contribution in [-0.2, 0) is 16.1 Å². The summed E-state index contributed by atoms with van der Waals surface area (Å²) in [4.78, 5) is 19.2. The van der Waals surface area contributed by atoms with Crippen molar-refractivity contribution in [1.82, 2.24) is 10.3 Å². The molecule has 29 heavy (non-hydrogen) atoms. The van der Waals surface area contributed by atoms with E-state index in [1.807, 2.05) is 48.5 Å². The Balaban J connectivity index is 1.43. The molecule has 0 aliphatic carbocycles. The maximum atomic E-state index is 12.2. The summed E-state index contributed by atoms with van der Waals surface area (Å²) < 4.78 is 11.2. The lowest BCUT2D eigenvalue weighted by Gasteiger charge is -2.28. The summed E-state index contributed by atoms with van der Waals surface area (Å²) >= 11 is 6.12. The van der Waals surface area contributed by atoms with Crippen molar-refractivity contribution < 1.29 is 14.3 Å². The second-order valence-corrected chi connectivity index (χ2v) is 7.16. The molecule has 3 aromatic rings. The van der Waals surface area contributed by atoms with Crippen LogP contribution in [0.4, 0.5) is 5.82 Å². The lowest BCUT2D eigenvalue weighted by molar-refractivity contribution is -0.123. The minimum atomic E-state index is -0.216. The second-order valence-electron chi connectivity index (χ2n) is 6.75. The van der Waals surface area contributed by atoms with Gasteiger partial charge in [0.1, 0.15) is 17.1 Å². The summed E-state index contributed by atoms with van der Waals surface area (Å²) in [6.07, 6.45) is 0. The molecule has 7 heteroatoms. The van der Waals surface area contributed by atoms with E-state index in [9.17, 15) is 4.79 Å². The van der Waals surface area contributed by atoms with Crippen molar-refractivity contribution in [3.8, 4) is 5.75 Å². The van der Waals surface area contributed by atoms with Gasteiger partial charge in [0.25, 0.3) is 5.91 Å². The number of hydrogen-bond acceptors (Lipinski definition) is 5. The summed E-state index contributed by atoms with van der Waals surface area (Å²) in [5.74, 6) is 1.26. The van der Waals surface area contributed by atoms with Gasteiger partial charge in [-0.15, -0.1) is 0 Å². The molecule has 150 valence electrons. The fourth-order valence-electron chi connectivity index (χ4n) is 3.22. The summed E-state index contributed by atoms with van der Waals surface area (Å²) in [6.45, 7) is 3.29. The Morgan fingerprint density at radius 3 is 2.76 bits per heavy atom. The van der Waals surface area contributed by atoms with Crippen molar-refractivity contribution in [3.05, 3.63) is 65.2 Å². The molecule has 4 rings (SSSR count). The zero-order valence-corrected chi connectivity index (χ0v) is 16.7. The number of ether oxygens (including phenoxy) is 2. The number of benzene rings is 2. The van der Waals surface area contributed by atoms with Crippen molar-refractivity contribution in [2.24, 2.45) is 0 Å². The van der Waals surface area contributed by atoms with Crippen molar-refractivity contribution >= 4 is 34.2 Å². The first kappa shape index (κ1) is 19.5. The molecule has 2 heterocycles. The molecule has 0 atom stereocenters. The minimum Gasteiger partial charge on any atom is -0.481 e. The van der Waals surface area contributed by atoms with E-state index < -0.39 is 0 Å². The van der Waals surface area contributed by atoms with E-state index in [1.165, 1.54) is 0 Å². The quantitative estimate of drug-likeness (QED) is 0.673. The SMILES string of the molecule is O=C(COc1cccc2ccc(N3CCOCC3)nc12)NCc1ccccc1Cl. The predicted molar refractivity (Wildman–Crippen MR) is 114 cm³/mol. The third-order valence-corrected chi connectivity index (χ3v) is 5.16. The van der Waals surface area contributed by atoms with Gasteiger partial charge >= 0.3 is 0 Å². The normalized spacial score (nSPS) is 14.0. The van der Waals surface area contributed by atoms with Gasteiger partial charge in [0, 0.05) is 30.0 Å². The van der Waals surface area contributed by atoms with E-state index in [2.05, 4.69) is 10.2 Å². The highest BCUT2D eigenvalue weighted by atomic mass is 35.5. The Morgan fingerprint density at radius 1 is 1.10 bits per heavy atom. The van der Waals surface area contributed by atoms with Gasteiger partial charge in [0.05, 0.1) is 13.2 Å². The molecule has 0 spiro atoms. The van der Waals surface area contributed by atoms with Crippen LogP contribution in [-0.4, -0.2) is 43.8 Å². The Morgan fingerprint density at radius 2 is 1.93 bits per heavy atom. The first-order chi connectivity index (χ1) is 14.2. The van der Waals surface area contributed by atoms with Crippen LogP contribution in [0.15, 0.2) is 54.6 Å². The standard InChI is InChI=1S/C22H22ClN3O3/c23-18-6-2-1-4-17(18)14-24-21(27)15-29-19-7-3-5-16-8-9-20(25-22(16)19)26-10-12-28-13-11-26/h1-9H,10-15H2,(H,24,27). The number of para-hydroxylation sites is 1. The maximum absolute atomic E-state index is 12.2. The molecular weight excluding hydrogens is 390 g/mol. The first-order valence-corrected chi connectivity index (χ1v) is 9.94. The van der Waals surface area contributed by atoms with E-state index in [4.69, 9.17) is 26.1 Å². The molecule has 1 fully saturated rings. The average molecular weight is 412 g/mol. The number of morpholine rings is 1. The topological polar surface area (TPSA) is 63.7 Å². The number of carbonyl (C=O) groups is 1. The number of pyridine rings is 1. The molecule has 1 aliphatic rings. The number of amides is 1. The minimum absolute atomic E-state index is 0.0903. The van der Waals surface area contributed by atoms with Crippen LogP contribution >= 0.6 is 11.6 Å². The van der Waals surface area contributed by atoms with E-state index >= 15 is 0 Å². The molecule has 0 unspecified atom stereocenters. The number of halogens is 1. The Kier molecular flexibility index (Phi) is 6.12. The van der Waals surface area contributed by atoms with Gasteiger partial charge in [0.15, 0.2) is 6.61 Å². The summed E-state index contributed by atoms with van der Waals surface area (Å²) in [7, 11) is 0. The van der Waals surface area contributed by atoms with Crippen LogP contribution < -0.4 is 15.0 Å². The molecule has 0 radical (unpaired) electrons. The van der Waals surface area contributed by atoms with Gasteiger partial charge in [0.2, 0.25) is 0 Å². The lowest BCUT2D eigenvalue weighted by atomic mass is 10.2. The maximum Gasteiger partial charge on any atom is 0.258 e. The second kappa shape index (κ2) is 9.11. The molecule has 2 aromatic carbocycles. The number of nitrogens with zero attached hydrogens (tertiary/aromatic N) is 2. The number of carbonyl (C=O) groups excluding carboxylic acids is 1. The van der Waals surface area contributed by atoms with Crippen LogP contribution in [0.1, 0.15) is 5.56 Å².